The average Bonchev–Trinajstić information content (AvgIpc) is 3.15. The highest BCUT2D eigenvalue weighted by molar-refractivity contribution is 7.71. The highest BCUT2D eigenvalue weighted by Gasteiger charge is 2.13. The summed E-state index contributed by atoms with van der Waals surface area (Å²) in [6, 6.07) is 13.0. The van der Waals surface area contributed by atoms with Gasteiger partial charge in [-0.2, -0.15) is 0 Å². The molecule has 31 heavy (non-hydrogen) atoms. The quantitative estimate of drug-likeness (QED) is 0.385. The van der Waals surface area contributed by atoms with Gasteiger partial charge in [0.05, 0.1) is 19.7 Å². The first-order valence-corrected chi connectivity index (χ1v) is 10.1. The molecule has 0 aliphatic carbocycles. The van der Waals surface area contributed by atoms with Crippen molar-refractivity contribution < 1.29 is 14.3 Å². The van der Waals surface area contributed by atoms with Gasteiger partial charge >= 0.3 is 0 Å². The van der Waals surface area contributed by atoms with Gasteiger partial charge in [0, 0.05) is 30.4 Å². The van der Waals surface area contributed by atoms with E-state index in [1.165, 1.54) is 4.57 Å². The van der Waals surface area contributed by atoms with Gasteiger partial charge in [0.1, 0.15) is 17.0 Å². The molecule has 9 heteroatoms. The van der Waals surface area contributed by atoms with Crippen molar-refractivity contribution in [3.63, 3.8) is 0 Å². The molecule has 2 heterocycles. The van der Waals surface area contributed by atoms with Crippen LogP contribution >= 0.6 is 12.2 Å². The number of methoxy groups -OCH3 is 2. The summed E-state index contributed by atoms with van der Waals surface area (Å²) in [7, 11) is 3.19. The molecular weight excluding hydrogens is 416 g/mol. The smallest absolute Gasteiger partial charge is 0.278 e. The summed E-state index contributed by atoms with van der Waals surface area (Å²) in [6.45, 7) is 0.574. The van der Waals surface area contributed by atoms with Gasteiger partial charge < -0.3 is 24.8 Å². The summed E-state index contributed by atoms with van der Waals surface area (Å²) in [5.74, 6) is 1.28. The number of H-pyrrole nitrogens is 2. The Kier molecular flexibility index (Phi) is 5.77. The molecule has 8 nitrogen and oxygen atoms in total. The third-order valence-corrected chi connectivity index (χ3v) is 5.48. The van der Waals surface area contributed by atoms with Gasteiger partial charge in [0.15, 0.2) is 4.77 Å². The van der Waals surface area contributed by atoms with Crippen LogP contribution in [0.2, 0.25) is 0 Å². The van der Waals surface area contributed by atoms with E-state index in [0.717, 1.165) is 22.2 Å². The predicted molar refractivity (Wildman–Crippen MR) is 121 cm³/mol. The number of carbonyl (C=O) groups excluding carboxylic acids is 1. The van der Waals surface area contributed by atoms with Gasteiger partial charge in [-0.1, -0.05) is 12.1 Å². The molecule has 0 unspecified atom stereocenters. The van der Waals surface area contributed by atoms with E-state index in [-0.39, 0.29) is 29.2 Å². The summed E-state index contributed by atoms with van der Waals surface area (Å²) >= 11 is 5.39. The van der Waals surface area contributed by atoms with Gasteiger partial charge in [-0.05, 0) is 48.1 Å². The third kappa shape index (κ3) is 4.17. The number of amides is 1. The fourth-order valence-corrected chi connectivity index (χ4v) is 3.71. The monoisotopic (exact) mass is 438 g/mol. The Balaban J connectivity index is 1.50. The molecule has 160 valence electrons. The first-order valence-electron chi connectivity index (χ1n) is 9.72. The fourth-order valence-electron chi connectivity index (χ4n) is 3.44. The van der Waals surface area contributed by atoms with Crippen LogP contribution in [0, 0.1) is 4.77 Å². The second kappa shape index (κ2) is 8.65. The third-order valence-electron chi connectivity index (χ3n) is 5.15. The van der Waals surface area contributed by atoms with E-state index in [4.69, 9.17) is 21.7 Å². The van der Waals surface area contributed by atoms with E-state index in [1.807, 2.05) is 42.5 Å². The molecule has 0 spiro atoms. The largest absolute Gasteiger partial charge is 0.497 e. The Bertz CT molecular complexity index is 1370. The molecule has 4 rings (SSSR count). The van der Waals surface area contributed by atoms with Crippen molar-refractivity contribution in [1.82, 2.24) is 19.9 Å². The number of hydrogen-bond acceptors (Lipinski definition) is 5. The maximum atomic E-state index is 13.0. The van der Waals surface area contributed by atoms with Crippen LogP contribution in [0.3, 0.4) is 0 Å². The number of rotatable bonds is 7. The summed E-state index contributed by atoms with van der Waals surface area (Å²) < 4.78 is 12.1. The predicted octanol–water partition coefficient (Wildman–Crippen LogP) is 3.26. The fraction of sp³-hybridized carbons (Fsp3) is 0.227. The summed E-state index contributed by atoms with van der Waals surface area (Å²) in [4.78, 5) is 31.5. The van der Waals surface area contributed by atoms with Crippen LogP contribution in [0.25, 0.3) is 21.9 Å². The lowest BCUT2D eigenvalue weighted by Gasteiger charge is -2.08. The second-order valence-corrected chi connectivity index (χ2v) is 7.43. The minimum atomic E-state index is -0.267. The zero-order chi connectivity index (χ0) is 22.0. The maximum Gasteiger partial charge on any atom is 0.278 e. The van der Waals surface area contributed by atoms with Gasteiger partial charge in [0.25, 0.3) is 5.56 Å². The van der Waals surface area contributed by atoms with Crippen LogP contribution in [0.1, 0.15) is 12.0 Å². The van der Waals surface area contributed by atoms with Gasteiger partial charge in [-0.3, -0.25) is 14.2 Å². The van der Waals surface area contributed by atoms with Crippen molar-refractivity contribution in [2.24, 2.45) is 0 Å². The summed E-state index contributed by atoms with van der Waals surface area (Å²) in [6.07, 6.45) is 0.132. The highest BCUT2D eigenvalue weighted by atomic mass is 32.1. The summed E-state index contributed by atoms with van der Waals surface area (Å²) in [5.41, 5.74) is 2.53. The topological polar surface area (TPSA) is 101 Å². The van der Waals surface area contributed by atoms with E-state index < -0.39 is 0 Å². The van der Waals surface area contributed by atoms with Crippen LogP contribution < -0.4 is 20.3 Å². The first kappa shape index (κ1) is 20.7. The first-order chi connectivity index (χ1) is 15.0. The lowest BCUT2D eigenvalue weighted by Crippen LogP contribution is -2.28. The molecule has 0 aliphatic rings. The van der Waals surface area contributed by atoms with Crippen LogP contribution in [-0.4, -0.2) is 34.7 Å². The average molecular weight is 439 g/mol. The van der Waals surface area contributed by atoms with Gasteiger partial charge in [0.2, 0.25) is 5.91 Å². The molecule has 2 aromatic carbocycles. The molecule has 2 aromatic heterocycles. The van der Waals surface area contributed by atoms with Crippen molar-refractivity contribution in [2.75, 3.05) is 14.2 Å². The van der Waals surface area contributed by atoms with Crippen LogP contribution in [0.15, 0.2) is 47.3 Å². The van der Waals surface area contributed by atoms with Crippen molar-refractivity contribution in [3.05, 3.63) is 63.2 Å². The Labute approximate surface area is 182 Å². The number of fused-ring (bicyclic) bond motifs is 3. The second-order valence-electron chi connectivity index (χ2n) is 7.05. The molecule has 0 radical (unpaired) electrons. The zero-order valence-corrected chi connectivity index (χ0v) is 18.0. The van der Waals surface area contributed by atoms with Crippen LogP contribution in [0.4, 0.5) is 0 Å². The normalized spacial score (nSPS) is 11.0. The minimum Gasteiger partial charge on any atom is -0.497 e. The molecule has 3 N–H and O–H groups in total. The lowest BCUT2D eigenvalue weighted by atomic mass is 10.2. The molecule has 0 atom stereocenters. The Morgan fingerprint density at radius 1 is 1.03 bits per heavy atom. The molecule has 4 aromatic rings. The number of aromatic nitrogens is 3. The standard InChI is InChI=1S/C22H22N4O4S/c1-29-14-5-3-13(4-6-14)12-23-18(27)9-10-26-21(28)20-19(25-22(26)31)16-11-15(30-2)7-8-17(16)24-20/h3-8,11,24H,9-10,12H2,1-2H3,(H,23,27)(H,25,31). The number of ether oxygens (including phenoxy) is 2. The molecule has 0 bridgehead atoms. The van der Waals surface area contributed by atoms with Crippen molar-refractivity contribution >= 4 is 40.1 Å². The maximum absolute atomic E-state index is 13.0. The van der Waals surface area contributed by atoms with E-state index in [2.05, 4.69) is 15.3 Å². The molecule has 0 saturated heterocycles. The van der Waals surface area contributed by atoms with Crippen LogP contribution in [0.5, 0.6) is 11.5 Å². The molecule has 0 fully saturated rings. The van der Waals surface area contributed by atoms with Crippen molar-refractivity contribution in [2.45, 2.75) is 19.5 Å². The van der Waals surface area contributed by atoms with Gasteiger partial charge in [-0.25, -0.2) is 0 Å². The Hall–Kier alpha value is -3.59. The van der Waals surface area contributed by atoms with Gasteiger partial charge in [-0.15, -0.1) is 0 Å². The van der Waals surface area contributed by atoms with Crippen LogP contribution in [-0.2, 0) is 17.9 Å². The number of nitrogens with one attached hydrogen (secondary N) is 3. The number of benzene rings is 2. The molecule has 0 aliphatic heterocycles. The zero-order valence-electron chi connectivity index (χ0n) is 17.2. The van der Waals surface area contributed by atoms with E-state index >= 15 is 0 Å². The van der Waals surface area contributed by atoms with E-state index in [0.29, 0.717) is 23.3 Å². The highest BCUT2D eigenvalue weighted by Crippen LogP contribution is 2.25. The van der Waals surface area contributed by atoms with E-state index in [9.17, 15) is 9.59 Å². The Morgan fingerprint density at radius 3 is 2.45 bits per heavy atom. The van der Waals surface area contributed by atoms with Crippen molar-refractivity contribution in [1.29, 1.82) is 0 Å². The van der Waals surface area contributed by atoms with Crippen molar-refractivity contribution in [3.8, 4) is 11.5 Å². The number of hydrogen-bond donors (Lipinski definition) is 3. The lowest BCUT2D eigenvalue weighted by molar-refractivity contribution is -0.121. The summed E-state index contributed by atoms with van der Waals surface area (Å²) in [5, 5.41) is 3.68. The SMILES string of the molecule is COc1ccc(CNC(=O)CCn2c(=S)[nH]c3c([nH]c4ccc(OC)cc43)c2=O)cc1. The number of carbonyl (C=O) groups is 1. The minimum absolute atomic E-state index is 0.132. The Morgan fingerprint density at radius 2 is 1.74 bits per heavy atom. The van der Waals surface area contributed by atoms with E-state index in [1.54, 1.807) is 14.2 Å². The molecule has 1 amide bonds. The number of nitrogens with zero attached hydrogens (tertiary/aromatic N) is 1. The molecule has 0 saturated carbocycles. The number of aromatic amines is 2. The molecular formula is C22H22N4O4S.